The molecule has 0 aromatic heterocycles. The van der Waals surface area contributed by atoms with Crippen molar-refractivity contribution in [1.82, 2.24) is 9.80 Å². The Kier molecular flexibility index (Phi) is 5.25. The number of carbonyl (C=O) groups is 1. The highest BCUT2D eigenvalue weighted by Gasteiger charge is 2.31. The Morgan fingerprint density at radius 2 is 1.52 bits per heavy atom. The van der Waals surface area contributed by atoms with Crippen LogP contribution in [0.1, 0.15) is 55.3 Å². The van der Waals surface area contributed by atoms with Gasteiger partial charge in [-0.2, -0.15) is 0 Å². The van der Waals surface area contributed by atoms with Crippen molar-refractivity contribution in [2.45, 2.75) is 51.0 Å². The molecule has 1 amide bonds. The summed E-state index contributed by atoms with van der Waals surface area (Å²) in [6.45, 7) is 6.71. The molecule has 0 bridgehead atoms. The lowest BCUT2D eigenvalue weighted by atomic mass is 10.1. The van der Waals surface area contributed by atoms with Crippen LogP contribution >= 0.6 is 0 Å². The highest BCUT2D eigenvalue weighted by molar-refractivity contribution is 5.95. The second-order valence-corrected chi connectivity index (χ2v) is 7.90. The summed E-state index contributed by atoms with van der Waals surface area (Å²) in [7, 11) is 0. The molecule has 0 aliphatic carbocycles. The molecule has 1 atom stereocenters. The first-order valence-electron chi connectivity index (χ1n) is 10.2. The van der Waals surface area contributed by atoms with E-state index in [9.17, 15) is 4.79 Å². The minimum Gasteiger partial charge on any atom is -0.372 e. The van der Waals surface area contributed by atoms with E-state index >= 15 is 0 Å². The predicted molar refractivity (Wildman–Crippen MR) is 102 cm³/mol. The van der Waals surface area contributed by atoms with Crippen LogP contribution in [-0.2, 0) is 0 Å². The minimum atomic E-state index is 0.229. The smallest absolute Gasteiger partial charge is 0.254 e. The number of anilines is 1. The number of hydrogen-bond donors (Lipinski definition) is 0. The standard InChI is InChI=1S/C21H31N3O/c25-21(24-16-6-7-20(24)17-22-12-4-5-13-22)18-8-10-19(11-9-18)23-14-2-1-3-15-23/h8-11,20H,1-7,12-17H2/t20-/m0/s1. The largest absolute Gasteiger partial charge is 0.372 e. The van der Waals surface area contributed by atoms with Gasteiger partial charge >= 0.3 is 0 Å². The highest BCUT2D eigenvalue weighted by Crippen LogP contribution is 2.24. The van der Waals surface area contributed by atoms with Crippen molar-refractivity contribution in [2.24, 2.45) is 0 Å². The zero-order valence-corrected chi connectivity index (χ0v) is 15.3. The van der Waals surface area contributed by atoms with E-state index in [-0.39, 0.29) is 5.91 Å². The zero-order valence-electron chi connectivity index (χ0n) is 15.3. The summed E-state index contributed by atoms with van der Waals surface area (Å²) in [6, 6.07) is 8.77. The number of nitrogens with zero attached hydrogens (tertiary/aromatic N) is 3. The van der Waals surface area contributed by atoms with Gasteiger partial charge in [0.2, 0.25) is 0 Å². The van der Waals surface area contributed by atoms with Crippen LogP contribution in [0.4, 0.5) is 5.69 Å². The number of benzene rings is 1. The Bertz CT molecular complexity index is 573. The maximum absolute atomic E-state index is 13.0. The first kappa shape index (κ1) is 16.9. The molecule has 3 aliphatic heterocycles. The Morgan fingerprint density at radius 3 is 2.24 bits per heavy atom. The Labute approximate surface area is 151 Å². The molecule has 0 N–H and O–H groups in total. The molecular weight excluding hydrogens is 310 g/mol. The van der Waals surface area contributed by atoms with Crippen molar-refractivity contribution in [1.29, 1.82) is 0 Å². The van der Waals surface area contributed by atoms with Crippen molar-refractivity contribution in [3.05, 3.63) is 29.8 Å². The van der Waals surface area contributed by atoms with E-state index < -0.39 is 0 Å². The maximum Gasteiger partial charge on any atom is 0.254 e. The number of rotatable bonds is 4. The third-order valence-electron chi connectivity index (χ3n) is 6.14. The van der Waals surface area contributed by atoms with Crippen molar-refractivity contribution >= 4 is 11.6 Å². The van der Waals surface area contributed by atoms with E-state index in [1.54, 1.807) is 0 Å². The molecule has 3 heterocycles. The van der Waals surface area contributed by atoms with Gasteiger partial charge in [-0.15, -0.1) is 0 Å². The summed E-state index contributed by atoms with van der Waals surface area (Å²) >= 11 is 0. The molecule has 0 spiro atoms. The number of hydrogen-bond acceptors (Lipinski definition) is 3. The molecule has 3 fully saturated rings. The van der Waals surface area contributed by atoms with Gasteiger partial charge in [0.1, 0.15) is 0 Å². The third-order valence-corrected chi connectivity index (χ3v) is 6.14. The Hall–Kier alpha value is -1.55. The van der Waals surface area contributed by atoms with Crippen molar-refractivity contribution in [3.8, 4) is 0 Å². The first-order chi connectivity index (χ1) is 12.3. The van der Waals surface area contributed by atoms with Gasteiger partial charge in [0.15, 0.2) is 0 Å². The summed E-state index contributed by atoms with van der Waals surface area (Å²) in [5, 5.41) is 0. The average Bonchev–Trinajstić information content (AvgIpc) is 3.34. The maximum atomic E-state index is 13.0. The first-order valence-corrected chi connectivity index (χ1v) is 10.2. The lowest BCUT2D eigenvalue weighted by molar-refractivity contribution is 0.0709. The summed E-state index contributed by atoms with van der Waals surface area (Å²) in [5.41, 5.74) is 2.13. The molecule has 4 rings (SSSR count). The van der Waals surface area contributed by atoms with E-state index in [1.807, 2.05) is 12.1 Å². The molecule has 0 radical (unpaired) electrons. The lowest BCUT2D eigenvalue weighted by Crippen LogP contribution is -2.42. The summed E-state index contributed by atoms with van der Waals surface area (Å²) in [6.07, 6.45) is 8.86. The second-order valence-electron chi connectivity index (χ2n) is 7.90. The summed E-state index contributed by atoms with van der Waals surface area (Å²) in [4.78, 5) is 20.1. The van der Waals surface area contributed by atoms with E-state index in [0.29, 0.717) is 6.04 Å². The van der Waals surface area contributed by atoms with Gasteiger partial charge in [0.25, 0.3) is 5.91 Å². The van der Waals surface area contributed by atoms with Gasteiger partial charge in [-0.05, 0) is 82.3 Å². The van der Waals surface area contributed by atoms with Crippen molar-refractivity contribution in [3.63, 3.8) is 0 Å². The fraction of sp³-hybridized carbons (Fsp3) is 0.667. The lowest BCUT2D eigenvalue weighted by Gasteiger charge is -2.30. The Balaban J connectivity index is 1.40. The molecule has 0 saturated carbocycles. The number of likely N-dealkylation sites (tertiary alicyclic amines) is 2. The van der Waals surface area contributed by atoms with Crippen molar-refractivity contribution in [2.75, 3.05) is 44.2 Å². The van der Waals surface area contributed by atoms with E-state index in [4.69, 9.17) is 0 Å². The molecule has 1 aromatic carbocycles. The molecule has 1 aromatic rings. The van der Waals surface area contributed by atoms with Gasteiger partial charge in [-0.1, -0.05) is 0 Å². The zero-order chi connectivity index (χ0) is 17.1. The van der Waals surface area contributed by atoms with Crippen LogP contribution in [0.3, 0.4) is 0 Å². The molecule has 4 nitrogen and oxygen atoms in total. The normalized spacial score (nSPS) is 24.9. The molecule has 3 saturated heterocycles. The van der Waals surface area contributed by atoms with Crippen LogP contribution in [0, 0.1) is 0 Å². The van der Waals surface area contributed by atoms with E-state index in [2.05, 4.69) is 26.8 Å². The van der Waals surface area contributed by atoms with Gasteiger partial charge in [0, 0.05) is 43.5 Å². The topological polar surface area (TPSA) is 26.8 Å². The number of carbonyl (C=O) groups excluding carboxylic acids is 1. The van der Waals surface area contributed by atoms with Gasteiger partial charge in [-0.3, -0.25) is 4.79 Å². The average molecular weight is 341 g/mol. The third kappa shape index (κ3) is 3.84. The van der Waals surface area contributed by atoms with Crippen LogP contribution in [-0.4, -0.2) is 61.0 Å². The molecule has 25 heavy (non-hydrogen) atoms. The minimum absolute atomic E-state index is 0.229. The van der Waals surface area contributed by atoms with Crippen LogP contribution < -0.4 is 4.90 Å². The highest BCUT2D eigenvalue weighted by atomic mass is 16.2. The molecule has 3 aliphatic rings. The monoisotopic (exact) mass is 341 g/mol. The molecular formula is C21H31N3O. The number of amides is 1. The predicted octanol–water partition coefficient (Wildman–Crippen LogP) is 3.38. The molecule has 4 heteroatoms. The summed E-state index contributed by atoms with van der Waals surface area (Å²) < 4.78 is 0. The number of piperidine rings is 1. The van der Waals surface area contributed by atoms with Crippen molar-refractivity contribution < 1.29 is 4.79 Å². The van der Waals surface area contributed by atoms with E-state index in [1.165, 1.54) is 50.9 Å². The van der Waals surface area contributed by atoms with Crippen LogP contribution in [0.2, 0.25) is 0 Å². The second kappa shape index (κ2) is 7.77. The quantitative estimate of drug-likeness (QED) is 0.840. The molecule has 136 valence electrons. The fourth-order valence-electron chi connectivity index (χ4n) is 4.69. The summed E-state index contributed by atoms with van der Waals surface area (Å²) in [5.74, 6) is 0.229. The van der Waals surface area contributed by atoms with Crippen LogP contribution in [0.25, 0.3) is 0 Å². The van der Waals surface area contributed by atoms with Gasteiger partial charge in [0.05, 0.1) is 0 Å². The van der Waals surface area contributed by atoms with Gasteiger partial charge < -0.3 is 14.7 Å². The SMILES string of the molecule is O=C(c1ccc(N2CCCCC2)cc1)N1CCC[C@H]1CN1CCCC1. The van der Waals surface area contributed by atoms with Crippen LogP contribution in [0.15, 0.2) is 24.3 Å². The Morgan fingerprint density at radius 1 is 0.840 bits per heavy atom. The van der Waals surface area contributed by atoms with E-state index in [0.717, 1.165) is 44.6 Å². The fourth-order valence-corrected chi connectivity index (χ4v) is 4.69. The molecule has 0 unspecified atom stereocenters. The van der Waals surface area contributed by atoms with Gasteiger partial charge in [-0.25, -0.2) is 0 Å². The van der Waals surface area contributed by atoms with Crippen LogP contribution in [0.5, 0.6) is 0 Å².